The average molecular weight is 410 g/mol. The van der Waals surface area contributed by atoms with Crippen molar-refractivity contribution in [3.8, 4) is 5.75 Å². The fourth-order valence-corrected chi connectivity index (χ4v) is 3.95. The normalized spacial score (nSPS) is 15.6. The maximum Gasteiger partial charge on any atom is 0.119 e. The molecule has 0 saturated carbocycles. The van der Waals surface area contributed by atoms with Gasteiger partial charge >= 0.3 is 0 Å². The van der Waals surface area contributed by atoms with Gasteiger partial charge in [0, 0.05) is 49.3 Å². The molecule has 29 heavy (non-hydrogen) atoms. The summed E-state index contributed by atoms with van der Waals surface area (Å²) in [6.07, 6.45) is 4.30. The van der Waals surface area contributed by atoms with E-state index in [1.807, 2.05) is 36.5 Å². The van der Waals surface area contributed by atoms with Crippen molar-refractivity contribution in [2.45, 2.75) is 12.8 Å². The quantitative estimate of drug-likeness (QED) is 0.547. The second-order valence-corrected chi connectivity index (χ2v) is 8.06. The smallest absolute Gasteiger partial charge is 0.119 e. The SMILES string of the molecule is Clc1ccc(OCCN2CCN(CCCc3cnc4ccccc4c3)CC2)cc1. The van der Waals surface area contributed by atoms with Crippen molar-refractivity contribution in [3.05, 3.63) is 71.4 Å². The second-order valence-electron chi connectivity index (χ2n) is 7.63. The number of hydrogen-bond acceptors (Lipinski definition) is 4. The summed E-state index contributed by atoms with van der Waals surface area (Å²) in [6.45, 7) is 7.34. The number of aromatic nitrogens is 1. The molecule has 4 rings (SSSR count). The number of benzene rings is 2. The van der Waals surface area contributed by atoms with Gasteiger partial charge in [-0.15, -0.1) is 0 Å². The van der Waals surface area contributed by atoms with Crippen LogP contribution in [0, 0.1) is 0 Å². The number of para-hydroxylation sites is 1. The van der Waals surface area contributed by atoms with Crippen LogP contribution in [0.25, 0.3) is 10.9 Å². The highest BCUT2D eigenvalue weighted by atomic mass is 35.5. The Labute approximate surface area is 178 Å². The predicted molar refractivity (Wildman–Crippen MR) is 120 cm³/mol. The van der Waals surface area contributed by atoms with Gasteiger partial charge in [-0.3, -0.25) is 9.88 Å². The van der Waals surface area contributed by atoms with Crippen LogP contribution in [0.1, 0.15) is 12.0 Å². The molecule has 152 valence electrons. The van der Waals surface area contributed by atoms with Crippen molar-refractivity contribution in [1.29, 1.82) is 0 Å². The monoisotopic (exact) mass is 409 g/mol. The minimum absolute atomic E-state index is 0.719. The van der Waals surface area contributed by atoms with Gasteiger partial charge in [0.15, 0.2) is 0 Å². The van der Waals surface area contributed by atoms with Gasteiger partial charge in [0.2, 0.25) is 0 Å². The number of piperazine rings is 1. The van der Waals surface area contributed by atoms with Crippen LogP contribution < -0.4 is 4.74 Å². The van der Waals surface area contributed by atoms with Crippen LogP contribution >= 0.6 is 11.6 Å². The molecule has 0 spiro atoms. The summed E-state index contributed by atoms with van der Waals surface area (Å²) in [6, 6.07) is 18.2. The van der Waals surface area contributed by atoms with Crippen molar-refractivity contribution < 1.29 is 4.74 Å². The largest absolute Gasteiger partial charge is 0.492 e. The number of pyridine rings is 1. The molecule has 0 atom stereocenters. The Hall–Kier alpha value is -2.14. The third-order valence-electron chi connectivity index (χ3n) is 5.54. The van der Waals surface area contributed by atoms with Crippen LogP contribution in [0.2, 0.25) is 5.02 Å². The summed E-state index contributed by atoms with van der Waals surface area (Å²) in [5, 5.41) is 1.98. The Morgan fingerprint density at radius 2 is 1.62 bits per heavy atom. The summed E-state index contributed by atoms with van der Waals surface area (Å²) in [5.74, 6) is 0.885. The van der Waals surface area contributed by atoms with E-state index < -0.39 is 0 Å². The van der Waals surface area contributed by atoms with Gasteiger partial charge in [-0.1, -0.05) is 29.8 Å². The van der Waals surface area contributed by atoms with E-state index in [2.05, 4.69) is 39.0 Å². The fourth-order valence-electron chi connectivity index (χ4n) is 3.82. The molecule has 5 heteroatoms. The fraction of sp³-hybridized carbons (Fsp3) is 0.375. The Balaban J connectivity index is 1.13. The van der Waals surface area contributed by atoms with Crippen molar-refractivity contribution in [3.63, 3.8) is 0 Å². The number of rotatable bonds is 8. The van der Waals surface area contributed by atoms with Gasteiger partial charge in [0.25, 0.3) is 0 Å². The molecule has 1 aromatic heterocycles. The minimum atomic E-state index is 0.719. The summed E-state index contributed by atoms with van der Waals surface area (Å²) < 4.78 is 5.82. The van der Waals surface area contributed by atoms with Gasteiger partial charge < -0.3 is 9.64 Å². The van der Waals surface area contributed by atoms with Gasteiger partial charge in [-0.05, 0) is 61.3 Å². The Kier molecular flexibility index (Phi) is 6.99. The first-order valence-electron chi connectivity index (χ1n) is 10.4. The molecule has 0 amide bonds. The molecule has 0 N–H and O–H groups in total. The van der Waals surface area contributed by atoms with Gasteiger partial charge in [0.05, 0.1) is 5.52 Å². The lowest BCUT2D eigenvalue weighted by Crippen LogP contribution is -2.47. The standard InChI is InChI=1S/C24H28ClN3O/c25-22-7-9-23(10-8-22)29-17-16-28-14-12-27(13-15-28)11-3-4-20-18-21-5-1-2-6-24(21)26-19-20/h1-2,5-10,18-19H,3-4,11-17H2. The molecule has 2 heterocycles. The summed E-state index contributed by atoms with van der Waals surface area (Å²) in [5.41, 5.74) is 2.41. The zero-order chi connectivity index (χ0) is 19.9. The van der Waals surface area contributed by atoms with E-state index in [9.17, 15) is 0 Å². The first kappa shape index (κ1) is 20.1. The third kappa shape index (κ3) is 5.92. The molecule has 0 radical (unpaired) electrons. The zero-order valence-electron chi connectivity index (χ0n) is 16.8. The molecule has 3 aromatic rings. The molecule has 4 nitrogen and oxygen atoms in total. The van der Waals surface area contributed by atoms with E-state index in [1.54, 1.807) is 0 Å². The molecular weight excluding hydrogens is 382 g/mol. The highest BCUT2D eigenvalue weighted by Gasteiger charge is 2.16. The van der Waals surface area contributed by atoms with Crippen molar-refractivity contribution >= 4 is 22.5 Å². The molecule has 0 unspecified atom stereocenters. The highest BCUT2D eigenvalue weighted by molar-refractivity contribution is 6.30. The van der Waals surface area contributed by atoms with Crippen LogP contribution in [-0.2, 0) is 6.42 Å². The Bertz CT molecular complexity index is 907. The molecule has 2 aromatic carbocycles. The van der Waals surface area contributed by atoms with Crippen LogP contribution in [0.15, 0.2) is 60.8 Å². The predicted octanol–water partition coefficient (Wildman–Crippen LogP) is 4.52. The van der Waals surface area contributed by atoms with E-state index in [0.29, 0.717) is 0 Å². The van der Waals surface area contributed by atoms with Gasteiger partial charge in [0.1, 0.15) is 12.4 Å². The van der Waals surface area contributed by atoms with Crippen molar-refractivity contribution in [1.82, 2.24) is 14.8 Å². The van der Waals surface area contributed by atoms with E-state index >= 15 is 0 Å². The number of ether oxygens (including phenoxy) is 1. The first-order chi connectivity index (χ1) is 14.3. The van der Waals surface area contributed by atoms with Crippen LogP contribution in [0.5, 0.6) is 5.75 Å². The van der Waals surface area contributed by atoms with Crippen molar-refractivity contribution in [2.75, 3.05) is 45.9 Å². The number of aryl methyl sites for hydroxylation is 1. The second kappa shape index (κ2) is 10.1. The molecule has 0 aliphatic carbocycles. The van der Waals surface area contributed by atoms with Crippen LogP contribution in [-0.4, -0.2) is 60.7 Å². The maximum absolute atomic E-state index is 5.90. The molecule has 1 saturated heterocycles. The number of nitrogens with zero attached hydrogens (tertiary/aromatic N) is 3. The summed E-state index contributed by atoms with van der Waals surface area (Å²) in [7, 11) is 0. The molecule has 1 aliphatic rings. The third-order valence-corrected chi connectivity index (χ3v) is 5.79. The van der Waals surface area contributed by atoms with E-state index in [4.69, 9.17) is 16.3 Å². The van der Waals surface area contributed by atoms with E-state index in [1.165, 1.54) is 17.4 Å². The van der Waals surface area contributed by atoms with E-state index in [0.717, 1.165) is 68.6 Å². The van der Waals surface area contributed by atoms with Crippen LogP contribution in [0.4, 0.5) is 0 Å². The highest BCUT2D eigenvalue weighted by Crippen LogP contribution is 2.16. The maximum atomic E-state index is 5.90. The van der Waals surface area contributed by atoms with E-state index in [-0.39, 0.29) is 0 Å². The van der Waals surface area contributed by atoms with Gasteiger partial charge in [-0.2, -0.15) is 0 Å². The van der Waals surface area contributed by atoms with Gasteiger partial charge in [-0.25, -0.2) is 0 Å². The summed E-state index contributed by atoms with van der Waals surface area (Å²) >= 11 is 5.90. The number of hydrogen-bond donors (Lipinski definition) is 0. The van der Waals surface area contributed by atoms with Crippen molar-refractivity contribution in [2.24, 2.45) is 0 Å². The average Bonchev–Trinajstić information content (AvgIpc) is 2.76. The van der Waals surface area contributed by atoms with Crippen LogP contribution in [0.3, 0.4) is 0 Å². The lowest BCUT2D eigenvalue weighted by molar-refractivity contribution is 0.116. The molecule has 1 aliphatic heterocycles. The number of fused-ring (bicyclic) bond motifs is 1. The molecular formula is C24H28ClN3O. The summed E-state index contributed by atoms with van der Waals surface area (Å²) in [4.78, 5) is 9.63. The lowest BCUT2D eigenvalue weighted by Gasteiger charge is -2.34. The Morgan fingerprint density at radius 3 is 2.41 bits per heavy atom. The number of halogens is 1. The first-order valence-corrected chi connectivity index (χ1v) is 10.8. The Morgan fingerprint density at radius 1 is 0.897 bits per heavy atom. The lowest BCUT2D eigenvalue weighted by atomic mass is 10.1. The molecule has 1 fully saturated rings. The minimum Gasteiger partial charge on any atom is -0.492 e. The molecule has 0 bridgehead atoms. The zero-order valence-corrected chi connectivity index (χ0v) is 17.5. The topological polar surface area (TPSA) is 28.6 Å².